The second kappa shape index (κ2) is 6.02. The molecule has 1 aromatic rings. The summed E-state index contributed by atoms with van der Waals surface area (Å²) in [6, 6.07) is 8.63. The van der Waals surface area contributed by atoms with Crippen LogP contribution in [0.4, 0.5) is 0 Å². The summed E-state index contributed by atoms with van der Waals surface area (Å²) in [5.74, 6) is 0. The van der Waals surface area contributed by atoms with Gasteiger partial charge in [-0.25, -0.2) is 0 Å². The summed E-state index contributed by atoms with van der Waals surface area (Å²) in [5.41, 5.74) is 2.62. The van der Waals surface area contributed by atoms with Crippen molar-refractivity contribution >= 4 is 22.0 Å². The fourth-order valence-electron chi connectivity index (χ4n) is 1.41. The first kappa shape index (κ1) is 11.5. The number of hydrogen-bond acceptors (Lipinski definition) is 0. The van der Waals surface area contributed by atoms with Crippen LogP contribution in [-0.2, 0) is 6.42 Å². The van der Waals surface area contributed by atoms with Crippen molar-refractivity contribution in [3.63, 3.8) is 0 Å². The summed E-state index contributed by atoms with van der Waals surface area (Å²) in [7, 11) is 0. The lowest BCUT2D eigenvalue weighted by Gasteiger charge is -2.03. The van der Waals surface area contributed by atoms with Crippen LogP contribution in [0.1, 0.15) is 30.9 Å². The Morgan fingerprint density at radius 2 is 2.00 bits per heavy atom. The van der Waals surface area contributed by atoms with Crippen LogP contribution >= 0.6 is 15.9 Å². The van der Waals surface area contributed by atoms with Crippen LogP contribution in [0.2, 0.25) is 0 Å². The highest BCUT2D eigenvalue weighted by molar-refractivity contribution is 9.09. The maximum absolute atomic E-state index is 3.74. The van der Waals surface area contributed by atoms with E-state index in [9.17, 15) is 0 Å². The monoisotopic (exact) mass is 252 g/mol. The lowest BCUT2D eigenvalue weighted by Crippen LogP contribution is -1.92. The first-order valence-electron chi connectivity index (χ1n) is 5.08. The Kier molecular flexibility index (Phi) is 4.95. The van der Waals surface area contributed by atoms with Gasteiger partial charge in [0.1, 0.15) is 0 Å². The van der Waals surface area contributed by atoms with Crippen LogP contribution in [-0.4, -0.2) is 4.83 Å². The molecular weight excluding hydrogens is 236 g/mol. The van der Waals surface area contributed by atoms with Crippen LogP contribution < -0.4 is 0 Å². The van der Waals surface area contributed by atoms with E-state index in [2.05, 4.69) is 53.7 Å². The molecule has 0 fully saturated rings. The van der Waals surface area contributed by atoms with E-state index in [1.54, 1.807) is 0 Å². The van der Waals surface area contributed by atoms with Gasteiger partial charge in [-0.2, -0.15) is 0 Å². The minimum Gasteiger partial charge on any atom is -0.0985 e. The quantitative estimate of drug-likeness (QED) is 0.681. The molecule has 1 rings (SSSR count). The molecule has 0 saturated heterocycles. The van der Waals surface area contributed by atoms with Crippen LogP contribution in [0.3, 0.4) is 0 Å². The van der Waals surface area contributed by atoms with Crippen LogP contribution in [0, 0.1) is 0 Å². The molecule has 0 saturated carbocycles. The molecule has 0 aliphatic heterocycles. The molecule has 0 nitrogen and oxygen atoms in total. The highest BCUT2D eigenvalue weighted by atomic mass is 79.9. The summed E-state index contributed by atoms with van der Waals surface area (Å²) in [5, 5.41) is 0. The van der Waals surface area contributed by atoms with Gasteiger partial charge in [-0.05, 0) is 30.4 Å². The summed E-state index contributed by atoms with van der Waals surface area (Å²) in [6.45, 7) is 5.93. The summed E-state index contributed by atoms with van der Waals surface area (Å²) < 4.78 is 0. The van der Waals surface area contributed by atoms with E-state index < -0.39 is 0 Å². The van der Waals surface area contributed by atoms with Crippen LogP contribution in [0.25, 0.3) is 6.08 Å². The largest absolute Gasteiger partial charge is 0.0985 e. The number of hydrogen-bond donors (Lipinski definition) is 0. The number of rotatable bonds is 5. The van der Waals surface area contributed by atoms with Crippen molar-refractivity contribution in [2.24, 2.45) is 0 Å². The van der Waals surface area contributed by atoms with Crippen LogP contribution in [0.15, 0.2) is 30.8 Å². The Labute approximate surface area is 95.2 Å². The Bertz CT molecular complexity index is 272. The predicted molar refractivity (Wildman–Crippen MR) is 67.9 cm³/mol. The first-order chi connectivity index (χ1) is 6.72. The second-order valence-electron chi connectivity index (χ2n) is 3.62. The van der Waals surface area contributed by atoms with E-state index in [4.69, 9.17) is 0 Å². The smallest absolute Gasteiger partial charge is 0.0117 e. The van der Waals surface area contributed by atoms with Crippen molar-refractivity contribution < 1.29 is 0 Å². The fraction of sp³-hybridized carbons (Fsp3) is 0.385. The molecule has 0 aliphatic rings. The van der Waals surface area contributed by atoms with Crippen molar-refractivity contribution in [3.05, 3.63) is 42.0 Å². The van der Waals surface area contributed by atoms with Crippen molar-refractivity contribution in [1.29, 1.82) is 0 Å². The zero-order valence-corrected chi connectivity index (χ0v) is 10.3. The molecule has 0 N–H and O–H groups in total. The van der Waals surface area contributed by atoms with Gasteiger partial charge >= 0.3 is 0 Å². The SMILES string of the molecule is C=Cc1ccc(CCCC(C)Br)cc1. The van der Waals surface area contributed by atoms with E-state index in [1.807, 2.05) is 6.08 Å². The van der Waals surface area contributed by atoms with Gasteiger partial charge < -0.3 is 0 Å². The van der Waals surface area contributed by atoms with Gasteiger partial charge in [0, 0.05) is 4.83 Å². The van der Waals surface area contributed by atoms with Crippen LogP contribution in [0.5, 0.6) is 0 Å². The first-order valence-corrected chi connectivity index (χ1v) is 5.99. The Balaban J connectivity index is 2.40. The topological polar surface area (TPSA) is 0 Å². The molecule has 14 heavy (non-hydrogen) atoms. The third-order valence-electron chi connectivity index (χ3n) is 2.28. The number of alkyl halides is 1. The standard InChI is InChI=1S/C13H17Br/c1-3-12-7-9-13(10-8-12)6-4-5-11(2)14/h3,7-11H,1,4-6H2,2H3. The summed E-state index contributed by atoms with van der Waals surface area (Å²) in [6.07, 6.45) is 5.54. The molecule has 1 unspecified atom stereocenters. The van der Waals surface area contributed by atoms with Gasteiger partial charge in [0.15, 0.2) is 0 Å². The van der Waals surface area contributed by atoms with Gasteiger partial charge in [-0.1, -0.05) is 59.8 Å². The number of aryl methyl sites for hydroxylation is 1. The highest BCUT2D eigenvalue weighted by Gasteiger charge is 1.97. The predicted octanol–water partition coefficient (Wildman–Crippen LogP) is 4.44. The van der Waals surface area contributed by atoms with Gasteiger partial charge in [0.25, 0.3) is 0 Å². The average molecular weight is 253 g/mol. The lowest BCUT2D eigenvalue weighted by molar-refractivity contribution is 0.736. The molecule has 1 heteroatoms. The second-order valence-corrected chi connectivity index (χ2v) is 5.18. The zero-order chi connectivity index (χ0) is 10.4. The van der Waals surface area contributed by atoms with Crippen molar-refractivity contribution in [2.75, 3.05) is 0 Å². The zero-order valence-electron chi connectivity index (χ0n) is 8.67. The lowest BCUT2D eigenvalue weighted by atomic mass is 10.1. The van der Waals surface area contributed by atoms with Crippen molar-refractivity contribution in [1.82, 2.24) is 0 Å². The molecule has 0 amide bonds. The molecule has 0 heterocycles. The Morgan fingerprint density at radius 1 is 1.36 bits per heavy atom. The molecule has 0 bridgehead atoms. The van der Waals surface area contributed by atoms with Gasteiger partial charge in [-0.15, -0.1) is 0 Å². The third kappa shape index (κ3) is 4.10. The average Bonchev–Trinajstić information content (AvgIpc) is 2.18. The van der Waals surface area contributed by atoms with Crippen molar-refractivity contribution in [2.45, 2.75) is 31.0 Å². The van der Waals surface area contributed by atoms with E-state index >= 15 is 0 Å². The fourth-order valence-corrected chi connectivity index (χ4v) is 1.73. The molecule has 0 aliphatic carbocycles. The molecule has 1 aromatic carbocycles. The third-order valence-corrected chi connectivity index (χ3v) is 2.74. The molecule has 76 valence electrons. The van der Waals surface area contributed by atoms with E-state index in [0.29, 0.717) is 4.83 Å². The molecular formula is C13H17Br. The van der Waals surface area contributed by atoms with Gasteiger partial charge in [0.2, 0.25) is 0 Å². The number of halogens is 1. The molecule has 0 radical (unpaired) electrons. The van der Waals surface area contributed by atoms with E-state index in [1.165, 1.54) is 30.4 Å². The van der Waals surface area contributed by atoms with Gasteiger partial charge in [0.05, 0.1) is 0 Å². The Morgan fingerprint density at radius 3 is 2.50 bits per heavy atom. The summed E-state index contributed by atoms with van der Waals surface area (Å²) in [4.78, 5) is 0.634. The van der Waals surface area contributed by atoms with Crippen molar-refractivity contribution in [3.8, 4) is 0 Å². The highest BCUT2D eigenvalue weighted by Crippen LogP contribution is 2.12. The molecule has 0 aromatic heterocycles. The normalized spacial score (nSPS) is 12.4. The molecule has 1 atom stereocenters. The van der Waals surface area contributed by atoms with Gasteiger partial charge in [-0.3, -0.25) is 0 Å². The maximum Gasteiger partial charge on any atom is 0.0117 e. The Hall–Kier alpha value is -0.560. The van der Waals surface area contributed by atoms with E-state index in [-0.39, 0.29) is 0 Å². The molecule has 0 spiro atoms. The minimum atomic E-state index is 0.634. The summed E-state index contributed by atoms with van der Waals surface area (Å²) >= 11 is 3.56. The maximum atomic E-state index is 3.74. The minimum absolute atomic E-state index is 0.634. The van der Waals surface area contributed by atoms with E-state index in [0.717, 1.165) is 0 Å². The number of benzene rings is 1.